The van der Waals surface area contributed by atoms with Crippen LogP contribution in [0.5, 0.6) is 0 Å². The molecule has 1 aliphatic rings. The molecule has 1 aliphatic heterocycles. The van der Waals surface area contributed by atoms with E-state index in [1.54, 1.807) is 6.07 Å². The maximum absolute atomic E-state index is 10.9. The number of nitrogens with zero attached hydrogens (tertiary/aromatic N) is 1. The first-order valence-electron chi connectivity index (χ1n) is 7.65. The van der Waals surface area contributed by atoms with Crippen molar-refractivity contribution in [2.24, 2.45) is 5.92 Å². The van der Waals surface area contributed by atoms with Gasteiger partial charge in [0.15, 0.2) is 0 Å². The Morgan fingerprint density at radius 2 is 2.25 bits per heavy atom. The van der Waals surface area contributed by atoms with Gasteiger partial charge in [0.1, 0.15) is 5.76 Å². The van der Waals surface area contributed by atoms with Gasteiger partial charge in [-0.1, -0.05) is 19.8 Å². The molecule has 1 aromatic rings. The summed E-state index contributed by atoms with van der Waals surface area (Å²) in [6.07, 6.45) is 6.44. The number of aryl methyl sites for hydroxylation is 1. The number of carboxylic acid groups (broad SMARTS) is 1. The summed E-state index contributed by atoms with van der Waals surface area (Å²) in [7, 11) is 0. The predicted octanol–water partition coefficient (Wildman–Crippen LogP) is 3.69. The van der Waals surface area contributed by atoms with Crippen molar-refractivity contribution < 1.29 is 14.3 Å². The van der Waals surface area contributed by atoms with E-state index in [4.69, 9.17) is 9.52 Å². The van der Waals surface area contributed by atoms with Crippen LogP contribution in [-0.4, -0.2) is 29.1 Å². The second-order valence-corrected chi connectivity index (χ2v) is 5.86. The van der Waals surface area contributed by atoms with Gasteiger partial charge < -0.3 is 9.52 Å². The van der Waals surface area contributed by atoms with E-state index >= 15 is 0 Å². The van der Waals surface area contributed by atoms with Crippen molar-refractivity contribution in [1.82, 2.24) is 4.90 Å². The molecule has 2 heterocycles. The van der Waals surface area contributed by atoms with E-state index in [1.807, 2.05) is 6.92 Å². The highest BCUT2D eigenvalue weighted by molar-refractivity contribution is 5.84. The number of carbonyl (C=O) groups is 1. The van der Waals surface area contributed by atoms with Crippen molar-refractivity contribution >= 4 is 5.97 Å². The van der Waals surface area contributed by atoms with E-state index in [2.05, 4.69) is 11.8 Å². The van der Waals surface area contributed by atoms with Crippen molar-refractivity contribution in [2.45, 2.75) is 52.5 Å². The third-order valence-corrected chi connectivity index (χ3v) is 4.26. The molecule has 0 aromatic carbocycles. The Labute approximate surface area is 120 Å². The standard InChI is InChI=1S/C16H25NO3/c1-3-5-13-6-4-8-17(9-7-13)11-14-10-15(16(18)19)20-12(14)2/h10,13H,3-9,11H2,1-2H3,(H,18,19). The van der Waals surface area contributed by atoms with E-state index in [0.29, 0.717) is 0 Å². The fourth-order valence-corrected chi connectivity index (χ4v) is 3.10. The molecule has 0 radical (unpaired) electrons. The van der Waals surface area contributed by atoms with Crippen LogP contribution >= 0.6 is 0 Å². The normalized spacial score (nSPS) is 20.8. The van der Waals surface area contributed by atoms with Crippen LogP contribution in [0.1, 0.15) is 60.9 Å². The van der Waals surface area contributed by atoms with Crippen LogP contribution in [0.2, 0.25) is 0 Å². The molecule has 1 unspecified atom stereocenters. The van der Waals surface area contributed by atoms with E-state index in [1.165, 1.54) is 32.1 Å². The van der Waals surface area contributed by atoms with Gasteiger partial charge in [-0.15, -0.1) is 0 Å². The molecule has 20 heavy (non-hydrogen) atoms. The molecule has 0 bridgehead atoms. The molecule has 1 fully saturated rings. The molecule has 0 spiro atoms. The van der Waals surface area contributed by atoms with E-state index in [-0.39, 0.29) is 5.76 Å². The fraction of sp³-hybridized carbons (Fsp3) is 0.688. The van der Waals surface area contributed by atoms with Gasteiger partial charge in [-0.05, 0) is 51.3 Å². The maximum atomic E-state index is 10.9. The molecular formula is C16H25NO3. The summed E-state index contributed by atoms with van der Waals surface area (Å²) in [5.41, 5.74) is 1.01. The molecule has 0 saturated carbocycles. The monoisotopic (exact) mass is 279 g/mol. The molecule has 2 rings (SSSR count). The SMILES string of the molecule is CCCC1CCCN(Cc2cc(C(=O)O)oc2C)CC1. The second kappa shape index (κ2) is 6.93. The summed E-state index contributed by atoms with van der Waals surface area (Å²) in [5.74, 6) is 0.663. The number of furan rings is 1. The number of rotatable bonds is 5. The lowest BCUT2D eigenvalue weighted by Gasteiger charge is -2.19. The molecule has 1 saturated heterocycles. The first-order valence-corrected chi connectivity index (χ1v) is 7.65. The number of aromatic carboxylic acids is 1. The minimum absolute atomic E-state index is 0.0520. The van der Waals surface area contributed by atoms with Crippen LogP contribution in [0.15, 0.2) is 10.5 Å². The summed E-state index contributed by atoms with van der Waals surface area (Å²) in [6.45, 7) is 7.12. The summed E-state index contributed by atoms with van der Waals surface area (Å²) in [4.78, 5) is 13.4. The smallest absolute Gasteiger partial charge is 0.371 e. The van der Waals surface area contributed by atoms with Crippen LogP contribution in [0, 0.1) is 12.8 Å². The first kappa shape index (κ1) is 15.1. The van der Waals surface area contributed by atoms with Crippen molar-refractivity contribution in [1.29, 1.82) is 0 Å². The maximum Gasteiger partial charge on any atom is 0.371 e. The van der Waals surface area contributed by atoms with Gasteiger partial charge in [0.25, 0.3) is 0 Å². The molecular weight excluding hydrogens is 254 g/mol. The Balaban J connectivity index is 1.94. The molecule has 1 N–H and O–H groups in total. The minimum Gasteiger partial charge on any atom is -0.475 e. The largest absolute Gasteiger partial charge is 0.475 e. The summed E-state index contributed by atoms with van der Waals surface area (Å²) >= 11 is 0. The van der Waals surface area contributed by atoms with Crippen molar-refractivity contribution in [3.8, 4) is 0 Å². The van der Waals surface area contributed by atoms with Crippen molar-refractivity contribution in [3.63, 3.8) is 0 Å². The van der Waals surface area contributed by atoms with E-state index < -0.39 is 5.97 Å². The van der Waals surface area contributed by atoms with Gasteiger partial charge in [0, 0.05) is 12.1 Å². The van der Waals surface area contributed by atoms with Gasteiger partial charge >= 0.3 is 5.97 Å². The van der Waals surface area contributed by atoms with Gasteiger partial charge in [-0.25, -0.2) is 4.79 Å². The fourth-order valence-electron chi connectivity index (χ4n) is 3.10. The Morgan fingerprint density at radius 1 is 1.45 bits per heavy atom. The number of hydrogen-bond donors (Lipinski definition) is 1. The molecule has 4 heteroatoms. The third-order valence-electron chi connectivity index (χ3n) is 4.26. The Bertz CT molecular complexity index is 453. The molecule has 0 aliphatic carbocycles. The second-order valence-electron chi connectivity index (χ2n) is 5.86. The quantitative estimate of drug-likeness (QED) is 0.893. The van der Waals surface area contributed by atoms with Gasteiger partial charge in [-0.3, -0.25) is 4.90 Å². The highest BCUT2D eigenvalue weighted by atomic mass is 16.4. The van der Waals surface area contributed by atoms with Crippen LogP contribution < -0.4 is 0 Å². The van der Waals surface area contributed by atoms with E-state index in [9.17, 15) is 4.79 Å². The highest BCUT2D eigenvalue weighted by Crippen LogP contribution is 2.24. The van der Waals surface area contributed by atoms with Crippen molar-refractivity contribution in [2.75, 3.05) is 13.1 Å². The van der Waals surface area contributed by atoms with Crippen molar-refractivity contribution in [3.05, 3.63) is 23.2 Å². The lowest BCUT2D eigenvalue weighted by molar-refractivity contribution is 0.0661. The van der Waals surface area contributed by atoms with Gasteiger partial charge in [0.2, 0.25) is 5.76 Å². The van der Waals surface area contributed by atoms with Gasteiger partial charge in [-0.2, -0.15) is 0 Å². The number of likely N-dealkylation sites (tertiary alicyclic amines) is 1. The first-order chi connectivity index (χ1) is 9.60. The highest BCUT2D eigenvalue weighted by Gasteiger charge is 2.19. The Kier molecular flexibility index (Phi) is 5.24. The summed E-state index contributed by atoms with van der Waals surface area (Å²) < 4.78 is 5.28. The molecule has 4 nitrogen and oxygen atoms in total. The Morgan fingerprint density at radius 3 is 2.90 bits per heavy atom. The minimum atomic E-state index is -0.988. The molecule has 0 amide bonds. The van der Waals surface area contributed by atoms with Crippen LogP contribution in [-0.2, 0) is 6.54 Å². The van der Waals surface area contributed by atoms with Crippen LogP contribution in [0.25, 0.3) is 0 Å². The topological polar surface area (TPSA) is 53.7 Å². The molecule has 1 atom stereocenters. The predicted molar refractivity (Wildman–Crippen MR) is 77.9 cm³/mol. The van der Waals surface area contributed by atoms with Gasteiger partial charge in [0.05, 0.1) is 0 Å². The molecule has 1 aromatic heterocycles. The number of carboxylic acids is 1. The number of hydrogen-bond acceptors (Lipinski definition) is 3. The average molecular weight is 279 g/mol. The summed E-state index contributed by atoms with van der Waals surface area (Å²) in [5, 5.41) is 8.96. The lowest BCUT2D eigenvalue weighted by atomic mass is 9.96. The zero-order valence-electron chi connectivity index (χ0n) is 12.5. The average Bonchev–Trinajstić information content (AvgIpc) is 2.63. The van der Waals surface area contributed by atoms with E-state index in [0.717, 1.165) is 36.9 Å². The zero-order valence-corrected chi connectivity index (χ0v) is 12.5. The lowest BCUT2D eigenvalue weighted by Crippen LogP contribution is -2.24. The third kappa shape index (κ3) is 3.85. The van der Waals surface area contributed by atoms with Crippen LogP contribution in [0.4, 0.5) is 0 Å². The zero-order chi connectivity index (χ0) is 14.5. The molecule has 112 valence electrons. The Hall–Kier alpha value is -1.29. The van der Waals surface area contributed by atoms with Crippen LogP contribution in [0.3, 0.4) is 0 Å². The summed E-state index contributed by atoms with van der Waals surface area (Å²) in [6, 6.07) is 1.67.